The van der Waals surface area contributed by atoms with Crippen molar-refractivity contribution >= 4 is 11.0 Å². The summed E-state index contributed by atoms with van der Waals surface area (Å²) in [6.07, 6.45) is -0.0773. The molecule has 366 valence electrons. The second kappa shape index (κ2) is 18.2. The lowest BCUT2D eigenvalue weighted by Crippen LogP contribution is -2.17. The smallest absolute Gasteiger partial charge is 0.149 e. The topological polar surface area (TPSA) is 50.9 Å². The molecule has 1 N–H and O–H groups in total. The highest BCUT2D eigenvalue weighted by Crippen LogP contribution is 2.46. The molecule has 4 nitrogen and oxygen atoms in total. The van der Waals surface area contributed by atoms with Crippen LogP contribution in [0.2, 0.25) is 0 Å². The Morgan fingerprint density at radius 2 is 0.986 bits per heavy atom. The van der Waals surface area contributed by atoms with E-state index in [1.165, 1.54) is 16.7 Å². The molecule has 7 aromatic carbocycles. The summed E-state index contributed by atoms with van der Waals surface area (Å²) in [7, 11) is 0. The lowest BCUT2D eigenvalue weighted by Gasteiger charge is -2.28. The largest absolute Gasteiger partial charge is 0.507 e. The minimum atomic E-state index is -0.359. The molecule has 2 heterocycles. The van der Waals surface area contributed by atoms with E-state index in [1.54, 1.807) is 0 Å². The zero-order chi connectivity index (χ0) is 53.4. The van der Waals surface area contributed by atoms with Crippen molar-refractivity contribution in [3.63, 3.8) is 0 Å². The maximum absolute atomic E-state index is 12.6. The number of aromatic nitrogens is 3. The quantitative estimate of drug-likeness (QED) is 0.173. The average molecular weight is 950 g/mol. The van der Waals surface area contributed by atoms with E-state index in [0.29, 0.717) is 22.6 Å². The number of hydrogen-bond donors (Lipinski definition) is 1. The number of fused-ring (bicyclic) bond motifs is 1. The predicted molar refractivity (Wildman–Crippen MR) is 307 cm³/mol. The van der Waals surface area contributed by atoms with Gasteiger partial charge in [0.05, 0.1) is 30.7 Å². The summed E-state index contributed by atoms with van der Waals surface area (Å²) in [5, 5.41) is 12.6. The SMILES string of the molecule is [2H]c1nc(-c2cc(-c3cccc4c3nc(-c3cc(C(C)(C)C)cc(C(C)(C)C)c3O)n4-c3ccc(C(C)(C)C)cc3-c3ccccc3)cc(C(C)(C)C)c2)cc(-c2ccc(-c3ccccc3C(C)(C)C)cc2)c1[2H]. The van der Waals surface area contributed by atoms with Gasteiger partial charge in [0.1, 0.15) is 11.6 Å². The Balaban J connectivity index is 1.29. The number of hydrogen-bond acceptors (Lipinski definition) is 3. The van der Waals surface area contributed by atoms with Gasteiger partial charge in [-0.15, -0.1) is 0 Å². The van der Waals surface area contributed by atoms with Gasteiger partial charge in [-0.2, -0.15) is 0 Å². The van der Waals surface area contributed by atoms with Gasteiger partial charge in [-0.3, -0.25) is 9.55 Å². The molecule has 72 heavy (non-hydrogen) atoms. The normalized spacial score (nSPS) is 13.1. The molecule has 9 rings (SSSR count). The molecule has 0 fully saturated rings. The Kier molecular flexibility index (Phi) is 12.0. The van der Waals surface area contributed by atoms with Crippen LogP contribution < -0.4 is 0 Å². The number of nitrogens with zero attached hydrogens (tertiary/aromatic N) is 3. The van der Waals surface area contributed by atoms with E-state index in [2.05, 4.69) is 254 Å². The van der Waals surface area contributed by atoms with Gasteiger partial charge >= 0.3 is 0 Å². The van der Waals surface area contributed by atoms with Crippen LogP contribution >= 0.6 is 0 Å². The van der Waals surface area contributed by atoms with Crippen LogP contribution in [0.3, 0.4) is 0 Å². The van der Waals surface area contributed by atoms with Gasteiger partial charge in [-0.1, -0.05) is 213 Å². The summed E-state index contributed by atoms with van der Waals surface area (Å²) >= 11 is 0. The van der Waals surface area contributed by atoms with Crippen LogP contribution in [0.5, 0.6) is 5.75 Å². The van der Waals surface area contributed by atoms with Crippen LogP contribution in [0.1, 0.15) is 134 Å². The van der Waals surface area contributed by atoms with E-state index in [0.717, 1.165) is 72.4 Å². The minimum absolute atomic E-state index is 0.0283. The fourth-order valence-corrected chi connectivity index (χ4v) is 9.85. The van der Waals surface area contributed by atoms with Gasteiger partial charge < -0.3 is 5.11 Å². The molecule has 0 aliphatic heterocycles. The molecule has 0 unspecified atom stereocenters. The average Bonchev–Trinajstić information content (AvgIpc) is 3.73. The molecule has 2 aromatic heterocycles. The molecule has 0 radical (unpaired) electrons. The van der Waals surface area contributed by atoms with Crippen LogP contribution in [-0.2, 0) is 27.1 Å². The molecule has 0 bridgehead atoms. The Morgan fingerprint density at radius 1 is 0.417 bits per heavy atom. The van der Waals surface area contributed by atoms with Gasteiger partial charge in [-0.05, 0) is 131 Å². The maximum Gasteiger partial charge on any atom is 0.149 e. The van der Waals surface area contributed by atoms with Crippen molar-refractivity contribution in [3.05, 3.63) is 192 Å². The molecule has 4 heteroatoms. The highest BCUT2D eigenvalue weighted by atomic mass is 16.3. The van der Waals surface area contributed by atoms with Gasteiger partial charge in [-0.25, -0.2) is 4.98 Å². The molecule has 0 amide bonds. The van der Waals surface area contributed by atoms with Crippen LogP contribution in [-0.4, -0.2) is 19.6 Å². The Labute approximate surface area is 432 Å². The first-order valence-corrected chi connectivity index (χ1v) is 25.5. The molecular formula is C68H73N3O. The Hall–Kier alpha value is -7.04. The molecule has 0 aliphatic carbocycles. The Bertz CT molecular complexity index is 3590. The Morgan fingerprint density at radius 3 is 1.64 bits per heavy atom. The molecule has 0 saturated carbocycles. The number of imidazole rings is 1. The van der Waals surface area contributed by atoms with E-state index < -0.39 is 0 Å². The third kappa shape index (κ3) is 9.81. The molecule has 0 aliphatic rings. The number of pyridine rings is 1. The summed E-state index contributed by atoms with van der Waals surface area (Å²) in [6, 6.07) is 53.6. The molecule has 9 aromatic rings. The van der Waals surface area contributed by atoms with Crippen molar-refractivity contribution < 1.29 is 7.85 Å². The number of phenols is 1. The van der Waals surface area contributed by atoms with Crippen LogP contribution in [0.4, 0.5) is 0 Å². The summed E-state index contributed by atoms with van der Waals surface area (Å²) in [4.78, 5) is 10.5. The summed E-state index contributed by atoms with van der Waals surface area (Å²) in [6.45, 7) is 33.2. The van der Waals surface area contributed by atoms with Crippen molar-refractivity contribution in [2.45, 2.75) is 131 Å². The second-order valence-electron chi connectivity index (χ2n) is 24.9. The van der Waals surface area contributed by atoms with Crippen molar-refractivity contribution in [2.75, 3.05) is 0 Å². The van der Waals surface area contributed by atoms with Crippen molar-refractivity contribution in [1.29, 1.82) is 0 Å². The molecule has 0 spiro atoms. The third-order valence-electron chi connectivity index (χ3n) is 14.2. The van der Waals surface area contributed by atoms with Gasteiger partial charge in [0, 0.05) is 28.4 Å². The van der Waals surface area contributed by atoms with Crippen molar-refractivity contribution in [3.8, 4) is 78.6 Å². The van der Waals surface area contributed by atoms with Crippen molar-refractivity contribution in [2.24, 2.45) is 0 Å². The van der Waals surface area contributed by atoms with Crippen LogP contribution in [0.15, 0.2) is 164 Å². The first kappa shape index (κ1) is 47.3. The fourth-order valence-electron chi connectivity index (χ4n) is 9.85. The number of phenolic OH excluding ortho intramolecular Hbond substituents is 1. The highest BCUT2D eigenvalue weighted by molar-refractivity contribution is 5.98. The summed E-state index contributed by atoms with van der Waals surface area (Å²) in [5.41, 5.74) is 17.3. The molecule has 0 atom stereocenters. The fraction of sp³-hybridized carbons (Fsp3) is 0.294. The number of aromatic hydroxyl groups is 1. The van der Waals surface area contributed by atoms with E-state index in [-0.39, 0.29) is 45.0 Å². The highest BCUT2D eigenvalue weighted by Gasteiger charge is 2.30. The molecular weight excluding hydrogens is 875 g/mol. The van der Waals surface area contributed by atoms with Crippen LogP contribution in [0.25, 0.3) is 83.9 Å². The zero-order valence-corrected chi connectivity index (χ0v) is 45.2. The minimum Gasteiger partial charge on any atom is -0.507 e. The number of rotatable bonds is 7. The first-order valence-electron chi connectivity index (χ1n) is 26.5. The van der Waals surface area contributed by atoms with Crippen molar-refractivity contribution in [1.82, 2.24) is 14.5 Å². The summed E-state index contributed by atoms with van der Waals surface area (Å²) < 4.78 is 20.5. The standard InChI is InChI=1S/C68H73N3O/c1-64(2,3)49-32-33-59(54(40-49)44-22-17-16-18-23-44)71-60-27-21-25-53(61(60)70-63(71)55-41-51(66(7,8)9)42-57(62(55)72)68(13,14)15)47-36-48(38-50(37-47)65(4,5)6)58-39-46(34-35-69-58)43-28-30-45(31-29-43)52-24-19-20-26-56(52)67(10,11)12/h16-42,72H,1-15H3/i34D,35D. The van der Waals surface area contributed by atoms with Crippen LogP contribution in [0, 0.1) is 0 Å². The van der Waals surface area contributed by atoms with E-state index in [9.17, 15) is 5.11 Å². The van der Waals surface area contributed by atoms with E-state index >= 15 is 0 Å². The summed E-state index contributed by atoms with van der Waals surface area (Å²) in [5.74, 6) is 0.877. The number of para-hydroxylation sites is 1. The number of benzene rings is 7. The zero-order valence-electron chi connectivity index (χ0n) is 47.2. The van der Waals surface area contributed by atoms with Gasteiger partial charge in [0.15, 0.2) is 0 Å². The van der Waals surface area contributed by atoms with Gasteiger partial charge in [0.2, 0.25) is 0 Å². The first-order chi connectivity index (χ1) is 34.6. The predicted octanol–water partition coefficient (Wildman–Crippen LogP) is 18.6. The third-order valence-corrected chi connectivity index (χ3v) is 14.2. The second-order valence-corrected chi connectivity index (χ2v) is 24.9. The lowest BCUT2D eigenvalue weighted by atomic mass is 9.79. The van der Waals surface area contributed by atoms with E-state index in [4.69, 9.17) is 12.7 Å². The monoisotopic (exact) mass is 950 g/mol. The lowest BCUT2D eigenvalue weighted by molar-refractivity contribution is 0.446. The van der Waals surface area contributed by atoms with Gasteiger partial charge in [0.25, 0.3) is 0 Å². The van der Waals surface area contributed by atoms with E-state index in [1.807, 2.05) is 6.07 Å². The molecule has 0 saturated heterocycles. The maximum atomic E-state index is 12.6.